The third-order valence-electron chi connectivity index (χ3n) is 3.37. The number of hydrogen-bond acceptors (Lipinski definition) is 3. The summed E-state index contributed by atoms with van der Waals surface area (Å²) in [6.07, 6.45) is 0.715. The first-order valence-electron chi connectivity index (χ1n) is 6.57. The van der Waals surface area contributed by atoms with Gasteiger partial charge in [-0.3, -0.25) is 4.55 Å². The second-order valence-electron chi connectivity index (χ2n) is 4.67. The Labute approximate surface area is 123 Å². The van der Waals surface area contributed by atoms with E-state index in [0.717, 1.165) is 0 Å². The van der Waals surface area contributed by atoms with Gasteiger partial charge in [0.1, 0.15) is 6.54 Å². The van der Waals surface area contributed by atoms with E-state index in [1.54, 1.807) is 0 Å². The molecule has 0 bridgehead atoms. The summed E-state index contributed by atoms with van der Waals surface area (Å²) < 4.78 is 27.1. The standard InChI is InChI=1S/C13H22N.CH4O3S.H3N/c1-4-14(5-2,6-3)12-13-10-8-7-9-11-13;1-5(2,3)4;/h7-11H,4-6,12H2,1-3H3;1H3,(H,2,3,4);1H3/q+1;;. The zero-order valence-corrected chi connectivity index (χ0v) is 13.9. The lowest BCUT2D eigenvalue weighted by atomic mass is 10.2. The van der Waals surface area contributed by atoms with Gasteiger partial charge in [0.05, 0.1) is 25.9 Å². The minimum absolute atomic E-state index is 0. The second-order valence-corrected chi connectivity index (χ2v) is 6.13. The van der Waals surface area contributed by atoms with Crippen LogP contribution in [0.5, 0.6) is 0 Å². The van der Waals surface area contributed by atoms with Crippen LogP contribution < -0.4 is 6.15 Å². The van der Waals surface area contributed by atoms with Crippen LogP contribution in [-0.4, -0.2) is 43.3 Å². The van der Waals surface area contributed by atoms with Gasteiger partial charge in [-0.1, -0.05) is 30.3 Å². The Balaban J connectivity index is 0. The van der Waals surface area contributed by atoms with E-state index in [0.29, 0.717) is 6.26 Å². The minimum atomic E-state index is -3.67. The van der Waals surface area contributed by atoms with Crippen LogP contribution in [0.2, 0.25) is 0 Å². The Bertz CT molecular complexity index is 426. The highest BCUT2D eigenvalue weighted by Gasteiger charge is 2.20. The van der Waals surface area contributed by atoms with Crippen LogP contribution in [0.3, 0.4) is 0 Å². The third kappa shape index (κ3) is 9.91. The molecule has 1 aromatic rings. The van der Waals surface area contributed by atoms with Gasteiger partial charge in [-0.2, -0.15) is 8.42 Å². The summed E-state index contributed by atoms with van der Waals surface area (Å²) in [6.45, 7) is 11.7. The molecule has 0 aliphatic heterocycles. The van der Waals surface area contributed by atoms with Crippen LogP contribution in [0.25, 0.3) is 0 Å². The van der Waals surface area contributed by atoms with E-state index in [4.69, 9.17) is 4.55 Å². The second kappa shape index (κ2) is 9.88. The van der Waals surface area contributed by atoms with Crippen molar-refractivity contribution in [2.75, 3.05) is 25.9 Å². The predicted molar refractivity (Wildman–Crippen MR) is 84.5 cm³/mol. The average molecular weight is 305 g/mol. The molecule has 0 saturated heterocycles. The van der Waals surface area contributed by atoms with Gasteiger partial charge >= 0.3 is 0 Å². The fraction of sp³-hybridized carbons (Fsp3) is 0.571. The molecular formula is C14H29N2O3S+. The van der Waals surface area contributed by atoms with Crippen molar-refractivity contribution >= 4 is 10.1 Å². The molecule has 20 heavy (non-hydrogen) atoms. The molecule has 0 amide bonds. The quantitative estimate of drug-likeness (QED) is 0.646. The van der Waals surface area contributed by atoms with Crippen LogP contribution in [-0.2, 0) is 16.7 Å². The molecular weight excluding hydrogens is 276 g/mol. The number of benzene rings is 1. The van der Waals surface area contributed by atoms with Gasteiger partial charge < -0.3 is 10.6 Å². The van der Waals surface area contributed by atoms with Crippen molar-refractivity contribution in [3.05, 3.63) is 35.9 Å². The van der Waals surface area contributed by atoms with Crippen molar-refractivity contribution in [2.24, 2.45) is 0 Å². The Morgan fingerprint density at radius 3 is 1.65 bits per heavy atom. The zero-order valence-electron chi connectivity index (χ0n) is 13.0. The summed E-state index contributed by atoms with van der Waals surface area (Å²) in [5, 5.41) is 0. The molecule has 0 atom stereocenters. The molecule has 0 aliphatic rings. The van der Waals surface area contributed by atoms with Gasteiger partial charge in [0.2, 0.25) is 0 Å². The number of nitrogens with zero attached hydrogens (tertiary/aromatic N) is 1. The van der Waals surface area contributed by atoms with E-state index < -0.39 is 10.1 Å². The monoisotopic (exact) mass is 305 g/mol. The highest BCUT2D eigenvalue weighted by Crippen LogP contribution is 2.13. The smallest absolute Gasteiger partial charge is 0.261 e. The number of hydrogen-bond donors (Lipinski definition) is 2. The van der Waals surface area contributed by atoms with Crippen molar-refractivity contribution in [1.29, 1.82) is 0 Å². The largest absolute Gasteiger partial charge is 0.344 e. The summed E-state index contributed by atoms with van der Waals surface area (Å²) in [5.41, 5.74) is 1.46. The van der Waals surface area contributed by atoms with Crippen molar-refractivity contribution < 1.29 is 17.5 Å². The highest BCUT2D eigenvalue weighted by atomic mass is 32.2. The molecule has 1 rings (SSSR count). The summed E-state index contributed by atoms with van der Waals surface area (Å²) in [6, 6.07) is 10.8. The molecule has 0 aromatic heterocycles. The Hall–Kier alpha value is -0.950. The third-order valence-corrected chi connectivity index (χ3v) is 3.37. The van der Waals surface area contributed by atoms with E-state index in [1.807, 2.05) is 0 Å². The van der Waals surface area contributed by atoms with E-state index in [1.165, 1.54) is 36.2 Å². The highest BCUT2D eigenvalue weighted by molar-refractivity contribution is 7.85. The van der Waals surface area contributed by atoms with Crippen LogP contribution in [0.1, 0.15) is 26.3 Å². The van der Waals surface area contributed by atoms with E-state index in [2.05, 4.69) is 51.1 Å². The maximum absolute atomic E-state index is 9.19. The Morgan fingerprint density at radius 2 is 1.35 bits per heavy atom. The summed E-state index contributed by atoms with van der Waals surface area (Å²) in [4.78, 5) is 0. The molecule has 0 spiro atoms. The maximum Gasteiger partial charge on any atom is 0.261 e. The molecule has 0 unspecified atom stereocenters. The molecule has 4 N–H and O–H groups in total. The molecule has 118 valence electrons. The topological polar surface area (TPSA) is 89.4 Å². The number of rotatable bonds is 5. The average Bonchev–Trinajstić information content (AvgIpc) is 2.35. The molecule has 5 nitrogen and oxygen atoms in total. The first-order valence-corrected chi connectivity index (χ1v) is 8.42. The summed E-state index contributed by atoms with van der Waals surface area (Å²) in [7, 11) is -3.67. The molecule has 1 aromatic carbocycles. The summed E-state index contributed by atoms with van der Waals surface area (Å²) in [5.74, 6) is 0. The van der Waals surface area contributed by atoms with Crippen molar-refractivity contribution in [1.82, 2.24) is 6.15 Å². The Morgan fingerprint density at radius 1 is 1.00 bits per heavy atom. The van der Waals surface area contributed by atoms with E-state index in [-0.39, 0.29) is 6.15 Å². The number of quaternary nitrogens is 1. The minimum Gasteiger partial charge on any atom is -0.344 e. The molecule has 0 radical (unpaired) electrons. The van der Waals surface area contributed by atoms with Gasteiger partial charge in [0.25, 0.3) is 10.1 Å². The lowest BCUT2D eigenvalue weighted by Gasteiger charge is -2.35. The zero-order chi connectivity index (χ0) is 14.9. The van der Waals surface area contributed by atoms with Crippen molar-refractivity contribution in [2.45, 2.75) is 27.3 Å². The van der Waals surface area contributed by atoms with Crippen LogP contribution >= 0.6 is 0 Å². The fourth-order valence-corrected chi connectivity index (χ4v) is 1.98. The Kier molecular flexibility index (Phi) is 10.5. The predicted octanol–water partition coefficient (Wildman–Crippen LogP) is 2.73. The van der Waals surface area contributed by atoms with Gasteiger partial charge in [-0.05, 0) is 20.8 Å². The maximum atomic E-state index is 9.19. The van der Waals surface area contributed by atoms with Gasteiger partial charge in [0, 0.05) is 5.56 Å². The van der Waals surface area contributed by atoms with Gasteiger partial charge in [-0.15, -0.1) is 0 Å². The van der Waals surface area contributed by atoms with Crippen LogP contribution in [0.15, 0.2) is 30.3 Å². The van der Waals surface area contributed by atoms with Gasteiger partial charge in [0.15, 0.2) is 0 Å². The molecule has 0 fully saturated rings. The fourth-order valence-electron chi connectivity index (χ4n) is 1.98. The van der Waals surface area contributed by atoms with Crippen molar-refractivity contribution in [3.63, 3.8) is 0 Å². The summed E-state index contributed by atoms with van der Waals surface area (Å²) >= 11 is 0. The molecule has 0 heterocycles. The molecule has 0 aliphatic carbocycles. The first kappa shape index (κ1) is 21.4. The molecule has 0 saturated carbocycles. The lowest BCUT2D eigenvalue weighted by molar-refractivity contribution is -0.936. The van der Waals surface area contributed by atoms with Crippen LogP contribution in [0.4, 0.5) is 0 Å². The van der Waals surface area contributed by atoms with Crippen LogP contribution in [0, 0.1) is 0 Å². The van der Waals surface area contributed by atoms with Crippen molar-refractivity contribution in [3.8, 4) is 0 Å². The first-order chi connectivity index (χ1) is 8.76. The molecule has 6 heteroatoms. The van der Waals surface area contributed by atoms with E-state index >= 15 is 0 Å². The normalized spacial score (nSPS) is 11.1. The SMILES string of the molecule is CC[N+](CC)(CC)Cc1ccccc1.CS(=O)(=O)O.N. The lowest BCUT2D eigenvalue weighted by Crippen LogP contribution is -2.46. The van der Waals surface area contributed by atoms with Gasteiger partial charge in [-0.25, -0.2) is 0 Å². The van der Waals surface area contributed by atoms with E-state index in [9.17, 15) is 8.42 Å².